The standard InChI is InChI=1S/C13H13IN2O6/c14-7(13-9(15-13)16-13)8(17)21-5-3-1-4-6(5)22-11(20)12(4,2-3)10(18)19/h3-7,9,15-16H,1-2H2,(H,18,19). The first-order valence-electron chi connectivity index (χ1n) is 7.24. The minimum absolute atomic E-state index is 0.113. The summed E-state index contributed by atoms with van der Waals surface area (Å²) in [7, 11) is 0. The lowest BCUT2D eigenvalue weighted by molar-refractivity contribution is -0.162. The van der Waals surface area contributed by atoms with Crippen LogP contribution in [-0.4, -0.2) is 51.0 Å². The van der Waals surface area contributed by atoms with Crippen LogP contribution in [0, 0.1) is 17.3 Å². The summed E-state index contributed by atoms with van der Waals surface area (Å²) in [6.07, 6.45) is -0.151. The number of halogens is 1. The highest BCUT2D eigenvalue weighted by Gasteiger charge is 2.77. The van der Waals surface area contributed by atoms with Crippen molar-refractivity contribution in [2.24, 2.45) is 17.3 Å². The third-order valence-corrected chi connectivity index (χ3v) is 7.35. The van der Waals surface area contributed by atoms with Crippen LogP contribution in [-0.2, 0) is 23.9 Å². The van der Waals surface area contributed by atoms with Gasteiger partial charge in [0.25, 0.3) is 0 Å². The van der Waals surface area contributed by atoms with Gasteiger partial charge in [-0.3, -0.25) is 25.0 Å². The number of rotatable bonds is 4. The number of ether oxygens (including phenoxy) is 2. The summed E-state index contributed by atoms with van der Waals surface area (Å²) >= 11 is 2.04. The molecule has 5 rings (SSSR count). The van der Waals surface area contributed by atoms with Crippen molar-refractivity contribution in [3.8, 4) is 0 Å². The Labute approximate surface area is 138 Å². The van der Waals surface area contributed by atoms with Crippen molar-refractivity contribution in [3.63, 3.8) is 0 Å². The van der Waals surface area contributed by atoms with Crippen molar-refractivity contribution in [1.29, 1.82) is 0 Å². The van der Waals surface area contributed by atoms with Crippen molar-refractivity contribution in [2.75, 3.05) is 0 Å². The summed E-state index contributed by atoms with van der Waals surface area (Å²) in [6, 6.07) is 0. The molecule has 3 saturated heterocycles. The van der Waals surface area contributed by atoms with E-state index in [1.165, 1.54) is 0 Å². The van der Waals surface area contributed by atoms with E-state index >= 15 is 0 Å². The quantitative estimate of drug-likeness (QED) is 0.173. The number of carboxylic acid groups (broad SMARTS) is 1. The van der Waals surface area contributed by atoms with Crippen molar-refractivity contribution >= 4 is 40.5 Å². The summed E-state index contributed by atoms with van der Waals surface area (Å²) in [5, 5.41) is 15.7. The molecule has 5 fully saturated rings. The maximum absolute atomic E-state index is 12.3. The zero-order valence-electron chi connectivity index (χ0n) is 11.2. The molecule has 6 atom stereocenters. The number of carbonyl (C=O) groups is 3. The van der Waals surface area contributed by atoms with Gasteiger partial charge in [-0.05, 0) is 12.8 Å². The molecule has 3 aliphatic heterocycles. The first kappa shape index (κ1) is 13.5. The molecular weight excluding hydrogens is 407 g/mol. The Bertz CT molecular complexity index is 634. The van der Waals surface area contributed by atoms with Crippen molar-refractivity contribution < 1.29 is 29.0 Å². The normalized spacial score (nSPS) is 53.7. The number of hydrogen-bond acceptors (Lipinski definition) is 7. The number of carbonyl (C=O) groups excluding carboxylic acids is 2. The summed E-state index contributed by atoms with van der Waals surface area (Å²) in [4.78, 5) is 35.9. The lowest BCUT2D eigenvalue weighted by Crippen LogP contribution is -2.46. The van der Waals surface area contributed by atoms with Crippen molar-refractivity contribution in [3.05, 3.63) is 0 Å². The molecule has 2 saturated carbocycles. The molecule has 2 bridgehead atoms. The number of esters is 2. The zero-order chi connectivity index (χ0) is 15.4. The number of nitrogens with one attached hydrogen (secondary N) is 2. The van der Waals surface area contributed by atoms with Crippen LogP contribution in [0.4, 0.5) is 0 Å². The Morgan fingerprint density at radius 2 is 2.14 bits per heavy atom. The Morgan fingerprint density at radius 3 is 2.73 bits per heavy atom. The van der Waals surface area contributed by atoms with Gasteiger partial charge in [0, 0.05) is 11.8 Å². The molecule has 3 heterocycles. The fourth-order valence-corrected chi connectivity index (χ4v) is 5.38. The molecule has 0 radical (unpaired) electrons. The molecule has 0 spiro atoms. The molecule has 22 heavy (non-hydrogen) atoms. The highest BCUT2D eigenvalue weighted by atomic mass is 127. The van der Waals surface area contributed by atoms with E-state index in [1.807, 2.05) is 22.6 Å². The largest absolute Gasteiger partial charge is 0.480 e. The molecule has 0 aromatic heterocycles. The molecule has 5 aliphatic rings. The van der Waals surface area contributed by atoms with E-state index in [1.54, 1.807) is 0 Å². The maximum atomic E-state index is 12.3. The molecule has 0 amide bonds. The molecule has 0 aromatic rings. The maximum Gasteiger partial charge on any atom is 0.324 e. The number of fused-ring (bicyclic) bond motifs is 2. The van der Waals surface area contributed by atoms with Crippen molar-refractivity contribution in [1.82, 2.24) is 10.6 Å². The van der Waals surface area contributed by atoms with Crippen LogP contribution in [0.3, 0.4) is 0 Å². The number of aliphatic carboxylic acids is 1. The van der Waals surface area contributed by atoms with Crippen LogP contribution in [0.2, 0.25) is 0 Å². The van der Waals surface area contributed by atoms with Crippen molar-refractivity contribution in [2.45, 2.75) is 40.8 Å². The first-order chi connectivity index (χ1) is 10.4. The molecule has 3 N–H and O–H groups in total. The number of hydrogen-bond donors (Lipinski definition) is 3. The predicted molar refractivity (Wildman–Crippen MR) is 76.6 cm³/mol. The molecular formula is C13H13IN2O6. The van der Waals surface area contributed by atoms with E-state index in [0.29, 0.717) is 6.42 Å². The molecule has 118 valence electrons. The molecule has 6 unspecified atom stereocenters. The van der Waals surface area contributed by atoms with Crippen LogP contribution in [0.25, 0.3) is 0 Å². The summed E-state index contributed by atoms with van der Waals surface area (Å²) in [5.41, 5.74) is -1.73. The Morgan fingerprint density at radius 1 is 1.45 bits per heavy atom. The van der Waals surface area contributed by atoms with Crippen LogP contribution in [0.5, 0.6) is 0 Å². The summed E-state index contributed by atoms with van der Waals surface area (Å²) in [5.74, 6) is -2.62. The topological polar surface area (TPSA) is 134 Å². The van der Waals surface area contributed by atoms with E-state index in [4.69, 9.17) is 9.47 Å². The van der Waals surface area contributed by atoms with Gasteiger partial charge in [0.2, 0.25) is 0 Å². The van der Waals surface area contributed by atoms with E-state index in [0.717, 1.165) is 0 Å². The highest BCUT2D eigenvalue weighted by molar-refractivity contribution is 14.1. The van der Waals surface area contributed by atoms with Gasteiger partial charge in [-0.25, -0.2) is 0 Å². The Kier molecular flexibility index (Phi) is 2.30. The fourth-order valence-electron chi connectivity index (χ4n) is 4.51. The molecule has 2 aliphatic carbocycles. The monoisotopic (exact) mass is 420 g/mol. The second-order valence-electron chi connectivity index (χ2n) is 6.81. The van der Waals surface area contributed by atoms with E-state index in [9.17, 15) is 19.5 Å². The van der Waals surface area contributed by atoms with Gasteiger partial charge in [-0.1, -0.05) is 22.6 Å². The third-order valence-electron chi connectivity index (χ3n) is 5.86. The van der Waals surface area contributed by atoms with Gasteiger partial charge >= 0.3 is 17.9 Å². The Balaban J connectivity index is 1.36. The molecule has 8 nitrogen and oxygen atoms in total. The number of alkyl halides is 1. The van der Waals surface area contributed by atoms with Gasteiger partial charge in [0.15, 0.2) is 5.41 Å². The van der Waals surface area contributed by atoms with Gasteiger partial charge in [0.05, 0.1) is 6.17 Å². The second-order valence-corrected chi connectivity index (χ2v) is 8.05. The van der Waals surface area contributed by atoms with Gasteiger partial charge in [-0.15, -0.1) is 0 Å². The Hall–Kier alpha value is -0.940. The van der Waals surface area contributed by atoms with E-state index in [2.05, 4.69) is 10.6 Å². The van der Waals surface area contributed by atoms with Gasteiger partial charge < -0.3 is 14.6 Å². The van der Waals surface area contributed by atoms with Gasteiger partial charge in [-0.2, -0.15) is 0 Å². The van der Waals surface area contributed by atoms with Gasteiger partial charge in [0.1, 0.15) is 21.8 Å². The lowest BCUT2D eigenvalue weighted by Gasteiger charge is -2.29. The molecule has 9 heteroatoms. The SMILES string of the molecule is O=C(OC1C2CC3C1OC(=O)C3(C(=O)O)C2)C(I)C12NC1N2. The fraction of sp³-hybridized carbons (Fsp3) is 0.769. The van der Waals surface area contributed by atoms with Crippen LogP contribution < -0.4 is 10.6 Å². The van der Waals surface area contributed by atoms with E-state index < -0.39 is 29.6 Å². The summed E-state index contributed by atoms with van der Waals surface area (Å²) in [6.45, 7) is 0. The van der Waals surface area contributed by atoms with Crippen LogP contribution in [0.15, 0.2) is 0 Å². The second kappa shape index (κ2) is 3.75. The minimum atomic E-state index is -1.41. The smallest absolute Gasteiger partial charge is 0.324 e. The average Bonchev–Trinajstić information content (AvgIpc) is 3.20. The first-order valence-corrected chi connectivity index (χ1v) is 8.49. The molecule has 0 aromatic carbocycles. The predicted octanol–water partition coefficient (Wildman–Crippen LogP) is -1.03. The third kappa shape index (κ3) is 1.34. The highest BCUT2D eigenvalue weighted by Crippen LogP contribution is 2.62. The average molecular weight is 420 g/mol. The van der Waals surface area contributed by atoms with Crippen LogP contribution in [0.1, 0.15) is 12.8 Å². The lowest BCUT2D eigenvalue weighted by atomic mass is 9.73. The zero-order valence-corrected chi connectivity index (χ0v) is 13.4. The minimum Gasteiger partial charge on any atom is -0.480 e. The van der Waals surface area contributed by atoms with Crippen LogP contribution >= 0.6 is 22.6 Å². The van der Waals surface area contributed by atoms with E-state index in [-0.39, 0.29) is 40.0 Å². The number of carboxylic acids is 1. The summed E-state index contributed by atoms with van der Waals surface area (Å²) < 4.78 is 10.5.